The number of benzene rings is 1. The van der Waals surface area contributed by atoms with E-state index in [9.17, 15) is 0 Å². The molecule has 1 aromatic rings. The Morgan fingerprint density at radius 3 is 2.83 bits per heavy atom. The molecule has 3 heteroatoms. The summed E-state index contributed by atoms with van der Waals surface area (Å²) >= 11 is 0. The summed E-state index contributed by atoms with van der Waals surface area (Å²) in [5.74, 6) is 0. The van der Waals surface area contributed by atoms with Crippen molar-refractivity contribution in [2.24, 2.45) is 0 Å². The van der Waals surface area contributed by atoms with Crippen molar-refractivity contribution >= 4 is 0 Å². The molecule has 0 aromatic heterocycles. The first-order chi connectivity index (χ1) is 8.79. The number of morpholine rings is 1. The minimum absolute atomic E-state index is 0.361. The van der Waals surface area contributed by atoms with Crippen molar-refractivity contribution in [1.82, 2.24) is 10.2 Å². The lowest BCUT2D eigenvalue weighted by molar-refractivity contribution is -0.0212. The monoisotopic (exact) mass is 248 g/mol. The lowest BCUT2D eigenvalue weighted by atomic mass is 10.1. The SMILES string of the molecule is CCNCc1ccccc1CN1CCOC(C)C1. The van der Waals surface area contributed by atoms with Crippen molar-refractivity contribution in [2.45, 2.75) is 33.0 Å². The van der Waals surface area contributed by atoms with Gasteiger partial charge in [-0.25, -0.2) is 0 Å². The van der Waals surface area contributed by atoms with Crippen LogP contribution in [0, 0.1) is 0 Å². The highest BCUT2D eigenvalue weighted by molar-refractivity contribution is 5.27. The number of nitrogens with zero attached hydrogens (tertiary/aromatic N) is 1. The van der Waals surface area contributed by atoms with Gasteiger partial charge in [-0.3, -0.25) is 4.90 Å². The summed E-state index contributed by atoms with van der Waals surface area (Å²) in [7, 11) is 0. The third kappa shape index (κ3) is 3.80. The molecule has 0 spiro atoms. The lowest BCUT2D eigenvalue weighted by Crippen LogP contribution is -2.40. The average molecular weight is 248 g/mol. The zero-order chi connectivity index (χ0) is 12.8. The number of hydrogen-bond donors (Lipinski definition) is 1. The molecule has 2 rings (SSSR count). The highest BCUT2D eigenvalue weighted by Gasteiger charge is 2.17. The quantitative estimate of drug-likeness (QED) is 0.863. The molecular weight excluding hydrogens is 224 g/mol. The molecule has 100 valence electrons. The van der Waals surface area contributed by atoms with Gasteiger partial charge >= 0.3 is 0 Å². The molecule has 1 saturated heterocycles. The lowest BCUT2D eigenvalue weighted by Gasteiger charge is -2.31. The Hall–Kier alpha value is -0.900. The van der Waals surface area contributed by atoms with E-state index >= 15 is 0 Å². The number of nitrogens with one attached hydrogen (secondary N) is 1. The van der Waals surface area contributed by atoms with Crippen molar-refractivity contribution in [2.75, 3.05) is 26.2 Å². The minimum Gasteiger partial charge on any atom is -0.376 e. The molecule has 18 heavy (non-hydrogen) atoms. The zero-order valence-corrected chi connectivity index (χ0v) is 11.5. The third-order valence-corrected chi connectivity index (χ3v) is 3.40. The van der Waals surface area contributed by atoms with Gasteiger partial charge in [0.2, 0.25) is 0 Å². The summed E-state index contributed by atoms with van der Waals surface area (Å²) in [5.41, 5.74) is 2.85. The van der Waals surface area contributed by atoms with Gasteiger partial charge in [0.1, 0.15) is 0 Å². The maximum absolute atomic E-state index is 5.59. The molecule has 1 aliphatic heterocycles. The van der Waals surface area contributed by atoms with Gasteiger partial charge in [-0.05, 0) is 24.6 Å². The Labute approximate surface area is 110 Å². The van der Waals surface area contributed by atoms with E-state index in [0.717, 1.165) is 39.3 Å². The molecule has 1 heterocycles. The van der Waals surface area contributed by atoms with E-state index in [0.29, 0.717) is 6.10 Å². The molecule has 0 amide bonds. The van der Waals surface area contributed by atoms with Gasteiger partial charge in [0, 0.05) is 26.2 Å². The van der Waals surface area contributed by atoms with E-state index in [1.165, 1.54) is 11.1 Å². The van der Waals surface area contributed by atoms with Gasteiger partial charge in [0.15, 0.2) is 0 Å². The summed E-state index contributed by atoms with van der Waals surface area (Å²) in [5, 5.41) is 3.41. The highest BCUT2D eigenvalue weighted by Crippen LogP contribution is 2.14. The molecular formula is C15H24N2O. The third-order valence-electron chi connectivity index (χ3n) is 3.40. The summed E-state index contributed by atoms with van der Waals surface area (Å²) in [6, 6.07) is 8.72. The first kappa shape index (κ1) is 13.5. The van der Waals surface area contributed by atoms with E-state index < -0.39 is 0 Å². The predicted molar refractivity (Wildman–Crippen MR) is 74.5 cm³/mol. The van der Waals surface area contributed by atoms with Crippen molar-refractivity contribution in [3.63, 3.8) is 0 Å². The molecule has 1 fully saturated rings. The molecule has 1 unspecified atom stereocenters. The fourth-order valence-corrected chi connectivity index (χ4v) is 2.42. The van der Waals surface area contributed by atoms with E-state index in [4.69, 9.17) is 4.74 Å². The van der Waals surface area contributed by atoms with E-state index in [-0.39, 0.29) is 0 Å². The first-order valence-corrected chi connectivity index (χ1v) is 6.91. The Bertz CT molecular complexity index is 367. The van der Waals surface area contributed by atoms with Crippen LogP contribution in [0.2, 0.25) is 0 Å². The molecule has 0 saturated carbocycles. The Kier molecular flexibility index (Phi) is 5.17. The van der Waals surface area contributed by atoms with Crippen LogP contribution in [0.3, 0.4) is 0 Å². The minimum atomic E-state index is 0.361. The normalized spacial score (nSPS) is 21.1. The second-order valence-corrected chi connectivity index (χ2v) is 4.97. The zero-order valence-electron chi connectivity index (χ0n) is 11.5. The second kappa shape index (κ2) is 6.88. The molecule has 0 bridgehead atoms. The van der Waals surface area contributed by atoms with Gasteiger partial charge in [-0.1, -0.05) is 31.2 Å². The Morgan fingerprint density at radius 1 is 1.33 bits per heavy atom. The van der Waals surface area contributed by atoms with Crippen molar-refractivity contribution in [1.29, 1.82) is 0 Å². The summed E-state index contributed by atoms with van der Waals surface area (Å²) in [4.78, 5) is 2.49. The van der Waals surface area contributed by atoms with E-state index in [2.05, 4.69) is 48.3 Å². The molecule has 0 aliphatic carbocycles. The summed E-state index contributed by atoms with van der Waals surface area (Å²) in [6.07, 6.45) is 0.361. The molecule has 1 aliphatic rings. The van der Waals surface area contributed by atoms with Crippen LogP contribution >= 0.6 is 0 Å². The smallest absolute Gasteiger partial charge is 0.0674 e. The Morgan fingerprint density at radius 2 is 2.11 bits per heavy atom. The van der Waals surface area contributed by atoms with E-state index in [1.807, 2.05) is 0 Å². The number of rotatable bonds is 5. The maximum Gasteiger partial charge on any atom is 0.0674 e. The van der Waals surface area contributed by atoms with Crippen molar-refractivity contribution in [3.05, 3.63) is 35.4 Å². The van der Waals surface area contributed by atoms with Gasteiger partial charge in [-0.15, -0.1) is 0 Å². The van der Waals surface area contributed by atoms with Gasteiger partial charge in [0.25, 0.3) is 0 Å². The van der Waals surface area contributed by atoms with Crippen LogP contribution < -0.4 is 5.32 Å². The molecule has 3 nitrogen and oxygen atoms in total. The average Bonchev–Trinajstić information content (AvgIpc) is 2.38. The molecule has 0 radical (unpaired) electrons. The van der Waals surface area contributed by atoms with Crippen LogP contribution in [0.15, 0.2) is 24.3 Å². The first-order valence-electron chi connectivity index (χ1n) is 6.91. The van der Waals surface area contributed by atoms with Crippen LogP contribution in [0.5, 0.6) is 0 Å². The van der Waals surface area contributed by atoms with Gasteiger partial charge < -0.3 is 10.1 Å². The fourth-order valence-electron chi connectivity index (χ4n) is 2.42. The van der Waals surface area contributed by atoms with Crippen LogP contribution in [0.4, 0.5) is 0 Å². The molecule has 1 atom stereocenters. The maximum atomic E-state index is 5.59. The highest BCUT2D eigenvalue weighted by atomic mass is 16.5. The standard InChI is InChI=1S/C15H24N2O/c1-3-16-10-14-6-4-5-7-15(14)12-17-8-9-18-13(2)11-17/h4-7,13,16H,3,8-12H2,1-2H3. The molecule has 1 aromatic carbocycles. The van der Waals surface area contributed by atoms with Crippen LogP contribution in [-0.2, 0) is 17.8 Å². The van der Waals surface area contributed by atoms with Crippen LogP contribution in [0.25, 0.3) is 0 Å². The topological polar surface area (TPSA) is 24.5 Å². The van der Waals surface area contributed by atoms with Gasteiger partial charge in [0.05, 0.1) is 12.7 Å². The van der Waals surface area contributed by atoms with Gasteiger partial charge in [-0.2, -0.15) is 0 Å². The predicted octanol–water partition coefficient (Wildman–Crippen LogP) is 2.02. The van der Waals surface area contributed by atoms with Crippen molar-refractivity contribution < 1.29 is 4.74 Å². The summed E-state index contributed by atoms with van der Waals surface area (Å²) < 4.78 is 5.59. The Balaban J connectivity index is 1.99. The van der Waals surface area contributed by atoms with Crippen LogP contribution in [-0.4, -0.2) is 37.2 Å². The summed E-state index contributed by atoms with van der Waals surface area (Å²) in [6.45, 7) is 10.2. The molecule has 1 N–H and O–H groups in total. The fraction of sp³-hybridized carbons (Fsp3) is 0.600. The number of hydrogen-bond acceptors (Lipinski definition) is 3. The number of ether oxygens (including phenoxy) is 1. The largest absolute Gasteiger partial charge is 0.376 e. The van der Waals surface area contributed by atoms with Crippen LogP contribution in [0.1, 0.15) is 25.0 Å². The van der Waals surface area contributed by atoms with E-state index in [1.54, 1.807) is 0 Å². The van der Waals surface area contributed by atoms with Crippen molar-refractivity contribution in [3.8, 4) is 0 Å². The second-order valence-electron chi connectivity index (χ2n) is 4.97.